The van der Waals surface area contributed by atoms with Crippen molar-refractivity contribution in [1.82, 2.24) is 0 Å². The Kier molecular flexibility index (Phi) is 3.08. The molecule has 0 radical (unpaired) electrons. The van der Waals surface area contributed by atoms with E-state index in [1.54, 1.807) is 0 Å². The first-order chi connectivity index (χ1) is 6.39. The van der Waals surface area contributed by atoms with Crippen molar-refractivity contribution in [3.05, 3.63) is 0 Å². The molecule has 10 heteroatoms. The molecule has 0 bridgehead atoms. The van der Waals surface area contributed by atoms with Crippen molar-refractivity contribution < 1.29 is 45.3 Å². The van der Waals surface area contributed by atoms with Gasteiger partial charge >= 0.3 is 17.7 Å². The number of rotatable bonds is 4. The molecule has 0 aromatic rings. The predicted octanol–water partition coefficient (Wildman–Crippen LogP) is -4.84. The van der Waals surface area contributed by atoms with Crippen molar-refractivity contribution >= 4 is 11.9 Å². The molecule has 0 aliphatic heterocycles. The highest BCUT2D eigenvalue weighted by molar-refractivity contribution is 5.82. The van der Waals surface area contributed by atoms with Gasteiger partial charge in [0.2, 0.25) is 0 Å². The van der Waals surface area contributed by atoms with Crippen LogP contribution in [0.4, 0.5) is 0 Å². The molecule has 9 N–H and O–H groups in total. The molecule has 0 amide bonds. The third-order valence-corrected chi connectivity index (χ3v) is 1.64. The minimum absolute atomic E-state index is 2.47. The molecular formula is C5H9NO9. The van der Waals surface area contributed by atoms with Crippen LogP contribution in [0.5, 0.6) is 0 Å². The van der Waals surface area contributed by atoms with Gasteiger partial charge in [-0.15, -0.1) is 0 Å². The molecular weight excluding hydrogens is 218 g/mol. The van der Waals surface area contributed by atoms with Gasteiger partial charge in [-0.1, -0.05) is 0 Å². The first-order valence-electron chi connectivity index (χ1n) is 3.26. The fourth-order valence-electron chi connectivity index (χ4n) is 0.564. The molecule has 0 aromatic carbocycles. The summed E-state index contributed by atoms with van der Waals surface area (Å²) in [6, 6.07) is 0. The molecule has 88 valence electrons. The summed E-state index contributed by atoms with van der Waals surface area (Å²) in [4.78, 5) is 20.4. The Labute approximate surface area is 81.4 Å². The lowest BCUT2D eigenvalue weighted by Gasteiger charge is -2.38. The van der Waals surface area contributed by atoms with Crippen LogP contribution in [0.1, 0.15) is 0 Å². The molecule has 1 unspecified atom stereocenters. The molecule has 0 spiro atoms. The van der Waals surface area contributed by atoms with Crippen LogP contribution >= 0.6 is 0 Å². The SMILES string of the molecule is NC(O)(C(=O)O)C(O)(O)C(O)(O)C(=O)O. The molecule has 0 heterocycles. The van der Waals surface area contributed by atoms with Gasteiger partial charge in [0.05, 0.1) is 0 Å². The highest BCUT2D eigenvalue weighted by Crippen LogP contribution is 2.26. The standard InChI is InChI=1S/C5H9NO9/c6-3(11,1(7)8)5(14,15)4(12,13)2(9)10/h11-15H,6H2,(H,7,8)(H,9,10). The first-order valence-corrected chi connectivity index (χ1v) is 3.26. The Bertz CT molecular complexity index is 265. The number of carboxylic acid groups (broad SMARTS) is 2. The predicted molar refractivity (Wildman–Crippen MR) is 38.7 cm³/mol. The lowest BCUT2D eigenvalue weighted by atomic mass is 9.94. The fourth-order valence-corrected chi connectivity index (χ4v) is 0.564. The number of hydrogen-bond acceptors (Lipinski definition) is 8. The van der Waals surface area contributed by atoms with Gasteiger partial charge in [-0.3, -0.25) is 5.73 Å². The summed E-state index contributed by atoms with van der Waals surface area (Å²) < 4.78 is 0. The molecule has 0 saturated heterocycles. The van der Waals surface area contributed by atoms with Gasteiger partial charge in [0.1, 0.15) is 0 Å². The fraction of sp³-hybridized carbons (Fsp3) is 0.600. The largest absolute Gasteiger partial charge is 0.478 e. The molecule has 1 atom stereocenters. The maximum absolute atomic E-state index is 10.2. The van der Waals surface area contributed by atoms with Crippen LogP contribution in [0.3, 0.4) is 0 Å². The monoisotopic (exact) mass is 227 g/mol. The summed E-state index contributed by atoms with van der Waals surface area (Å²) in [6.07, 6.45) is 0. The van der Waals surface area contributed by atoms with Gasteiger partial charge in [0.25, 0.3) is 11.5 Å². The number of nitrogens with two attached hydrogens (primary N) is 1. The molecule has 0 aromatic heterocycles. The smallest absolute Gasteiger partial charge is 0.370 e. The van der Waals surface area contributed by atoms with Crippen LogP contribution in [0, 0.1) is 0 Å². The van der Waals surface area contributed by atoms with Crippen molar-refractivity contribution in [2.75, 3.05) is 0 Å². The van der Waals surface area contributed by atoms with E-state index in [0.29, 0.717) is 0 Å². The Morgan fingerprint density at radius 3 is 1.40 bits per heavy atom. The van der Waals surface area contributed by atoms with Crippen LogP contribution in [0.2, 0.25) is 0 Å². The molecule has 15 heavy (non-hydrogen) atoms. The van der Waals surface area contributed by atoms with Crippen LogP contribution < -0.4 is 5.73 Å². The molecule has 0 aliphatic rings. The van der Waals surface area contributed by atoms with E-state index in [1.165, 1.54) is 0 Å². The van der Waals surface area contributed by atoms with Gasteiger partial charge in [-0.2, -0.15) is 0 Å². The number of aliphatic carboxylic acids is 2. The summed E-state index contributed by atoms with van der Waals surface area (Å²) in [5.74, 6) is -13.9. The van der Waals surface area contributed by atoms with Crippen molar-refractivity contribution in [1.29, 1.82) is 0 Å². The summed E-state index contributed by atoms with van der Waals surface area (Å²) in [5, 5.41) is 60.1. The summed E-state index contributed by atoms with van der Waals surface area (Å²) >= 11 is 0. The van der Waals surface area contributed by atoms with Gasteiger partial charge in [0, 0.05) is 0 Å². The van der Waals surface area contributed by atoms with E-state index in [-0.39, 0.29) is 0 Å². The van der Waals surface area contributed by atoms with E-state index >= 15 is 0 Å². The third-order valence-electron chi connectivity index (χ3n) is 1.64. The normalized spacial score (nSPS) is 16.9. The first kappa shape index (κ1) is 13.7. The van der Waals surface area contributed by atoms with Crippen LogP contribution in [-0.2, 0) is 9.59 Å². The van der Waals surface area contributed by atoms with Crippen molar-refractivity contribution in [3.8, 4) is 0 Å². The topological polar surface area (TPSA) is 202 Å². The molecule has 10 nitrogen and oxygen atoms in total. The zero-order valence-corrected chi connectivity index (χ0v) is 7.02. The zero-order valence-electron chi connectivity index (χ0n) is 7.02. The van der Waals surface area contributed by atoms with E-state index in [9.17, 15) is 9.59 Å². The minimum Gasteiger partial charge on any atom is -0.478 e. The molecule has 0 fully saturated rings. The number of carbonyl (C=O) groups is 2. The van der Waals surface area contributed by atoms with E-state index in [2.05, 4.69) is 5.73 Å². The van der Waals surface area contributed by atoms with Crippen LogP contribution in [0.15, 0.2) is 0 Å². The van der Waals surface area contributed by atoms with Crippen LogP contribution in [0.25, 0.3) is 0 Å². The van der Waals surface area contributed by atoms with Crippen molar-refractivity contribution in [2.24, 2.45) is 5.73 Å². The Morgan fingerprint density at radius 2 is 1.20 bits per heavy atom. The maximum atomic E-state index is 10.2. The van der Waals surface area contributed by atoms with E-state index in [1.807, 2.05) is 0 Å². The molecule has 0 aliphatic carbocycles. The summed E-state index contributed by atoms with van der Waals surface area (Å²) in [5.41, 5.74) is 0.443. The molecule has 0 rings (SSSR count). The van der Waals surface area contributed by atoms with E-state index in [4.69, 9.17) is 35.7 Å². The maximum Gasteiger partial charge on any atom is 0.370 e. The number of hydrogen-bond donors (Lipinski definition) is 8. The Morgan fingerprint density at radius 1 is 0.867 bits per heavy atom. The number of aliphatic hydroxyl groups is 5. The average molecular weight is 227 g/mol. The highest BCUT2D eigenvalue weighted by atomic mass is 16.6. The quantitative estimate of drug-likeness (QED) is 0.215. The van der Waals surface area contributed by atoms with Gasteiger partial charge in [-0.05, 0) is 0 Å². The summed E-state index contributed by atoms with van der Waals surface area (Å²) in [7, 11) is 0. The minimum atomic E-state index is -4.42. The second-order valence-electron chi connectivity index (χ2n) is 2.72. The van der Waals surface area contributed by atoms with Gasteiger partial charge in [-0.25, -0.2) is 9.59 Å². The lowest BCUT2D eigenvalue weighted by Crippen LogP contribution is -2.77. The molecule has 0 saturated carbocycles. The second kappa shape index (κ2) is 3.37. The Hall–Kier alpha value is -1.30. The van der Waals surface area contributed by atoms with Gasteiger partial charge in [0.15, 0.2) is 0 Å². The second-order valence-corrected chi connectivity index (χ2v) is 2.72. The van der Waals surface area contributed by atoms with E-state index in [0.717, 1.165) is 0 Å². The van der Waals surface area contributed by atoms with Crippen molar-refractivity contribution in [3.63, 3.8) is 0 Å². The number of carboxylic acids is 2. The lowest BCUT2D eigenvalue weighted by molar-refractivity contribution is -0.389. The van der Waals surface area contributed by atoms with Gasteiger partial charge < -0.3 is 35.7 Å². The van der Waals surface area contributed by atoms with Crippen molar-refractivity contribution in [2.45, 2.75) is 17.3 Å². The zero-order chi connectivity index (χ0) is 12.7. The Balaban J connectivity index is 5.50. The van der Waals surface area contributed by atoms with Crippen LogP contribution in [-0.4, -0.2) is 65.0 Å². The summed E-state index contributed by atoms with van der Waals surface area (Å²) in [6.45, 7) is 0. The highest BCUT2D eigenvalue weighted by Gasteiger charge is 2.68. The third kappa shape index (κ3) is 1.77. The average Bonchev–Trinajstić information content (AvgIpc) is 2.02. The van der Waals surface area contributed by atoms with E-state index < -0.39 is 29.2 Å².